The Morgan fingerprint density at radius 3 is 2.57 bits per heavy atom. The van der Waals surface area contributed by atoms with Crippen LogP contribution in [0, 0.1) is 0 Å². The molecule has 4 aromatic rings. The van der Waals surface area contributed by atoms with Crippen LogP contribution >= 0.6 is 0 Å². The SMILES string of the molecule is O=C(O)OC[C@H](O)C(=O)OCCCOC(=O)c1ccc(Oc2nccn3c(-c4conc4C(F)(F)F)cnc23)cc1O. The molecular weight excluding hydrogens is 577 g/mol. The smallest absolute Gasteiger partial charge is 0.505 e. The van der Waals surface area contributed by atoms with Crippen molar-refractivity contribution < 1.29 is 66.3 Å². The van der Waals surface area contributed by atoms with E-state index in [4.69, 9.17) is 19.3 Å². The van der Waals surface area contributed by atoms with Gasteiger partial charge in [-0.3, -0.25) is 4.40 Å². The van der Waals surface area contributed by atoms with Gasteiger partial charge in [0, 0.05) is 24.9 Å². The lowest BCUT2D eigenvalue weighted by molar-refractivity contribution is -0.156. The van der Waals surface area contributed by atoms with E-state index in [-0.39, 0.29) is 53.7 Å². The molecule has 15 nitrogen and oxygen atoms in total. The van der Waals surface area contributed by atoms with Gasteiger partial charge in [-0.15, -0.1) is 0 Å². The Balaban J connectivity index is 1.35. The minimum absolute atomic E-state index is 0.00455. The Morgan fingerprint density at radius 2 is 1.86 bits per heavy atom. The lowest BCUT2D eigenvalue weighted by atomic mass is 10.2. The number of aromatic hydroxyl groups is 1. The van der Waals surface area contributed by atoms with Crippen LogP contribution in [-0.4, -0.2) is 78.9 Å². The summed E-state index contributed by atoms with van der Waals surface area (Å²) in [6.07, 6.45) is -3.64. The van der Waals surface area contributed by atoms with E-state index in [0.29, 0.717) is 0 Å². The average Bonchev–Trinajstić information content (AvgIpc) is 3.59. The number of alkyl halides is 3. The number of aromatic nitrogens is 4. The van der Waals surface area contributed by atoms with Gasteiger partial charge in [-0.1, -0.05) is 5.16 Å². The fourth-order valence-corrected chi connectivity index (χ4v) is 3.44. The van der Waals surface area contributed by atoms with E-state index in [2.05, 4.69) is 24.4 Å². The van der Waals surface area contributed by atoms with Crippen molar-refractivity contribution >= 4 is 23.7 Å². The quantitative estimate of drug-likeness (QED) is 0.129. The summed E-state index contributed by atoms with van der Waals surface area (Å²) >= 11 is 0. The van der Waals surface area contributed by atoms with Crippen LogP contribution in [0.2, 0.25) is 0 Å². The lowest BCUT2D eigenvalue weighted by Gasteiger charge is -2.11. The van der Waals surface area contributed by atoms with Gasteiger partial charge in [0.15, 0.2) is 11.8 Å². The van der Waals surface area contributed by atoms with Crippen LogP contribution in [0.3, 0.4) is 0 Å². The topological polar surface area (TPSA) is 205 Å². The number of benzene rings is 1. The largest absolute Gasteiger partial charge is 0.507 e. The first-order valence-corrected chi connectivity index (χ1v) is 11.7. The summed E-state index contributed by atoms with van der Waals surface area (Å²) in [5.41, 5.74) is -1.79. The Hall–Kier alpha value is -5.39. The number of esters is 2. The van der Waals surface area contributed by atoms with Crippen molar-refractivity contribution in [2.24, 2.45) is 0 Å². The molecular formula is C24H19F3N4O11. The number of carbonyl (C=O) groups is 3. The molecule has 1 atom stereocenters. The first kappa shape index (κ1) is 29.6. The maximum absolute atomic E-state index is 13.3. The summed E-state index contributed by atoms with van der Waals surface area (Å²) in [7, 11) is 0. The van der Waals surface area contributed by atoms with E-state index >= 15 is 0 Å². The molecule has 222 valence electrons. The molecule has 0 fully saturated rings. The molecule has 0 saturated carbocycles. The van der Waals surface area contributed by atoms with Crippen molar-refractivity contribution in [1.82, 2.24) is 19.5 Å². The predicted octanol–water partition coefficient (Wildman–Crippen LogP) is 3.05. The number of ether oxygens (including phenoxy) is 4. The minimum atomic E-state index is -4.77. The van der Waals surface area contributed by atoms with Crippen LogP contribution in [0.4, 0.5) is 18.0 Å². The molecule has 0 aliphatic rings. The summed E-state index contributed by atoms with van der Waals surface area (Å²) in [4.78, 5) is 42.2. The van der Waals surface area contributed by atoms with Gasteiger partial charge < -0.3 is 38.8 Å². The third kappa shape index (κ3) is 6.84. The Labute approximate surface area is 231 Å². The number of carbonyl (C=O) groups excluding carboxylic acids is 2. The molecule has 0 aliphatic heterocycles. The zero-order chi connectivity index (χ0) is 30.4. The van der Waals surface area contributed by atoms with Crippen molar-refractivity contribution in [2.45, 2.75) is 18.7 Å². The first-order valence-electron chi connectivity index (χ1n) is 11.7. The normalized spacial score (nSPS) is 12.1. The zero-order valence-corrected chi connectivity index (χ0v) is 21.0. The standard InChI is InChI=1S/C24H19F3N4O11/c25-24(26,27)18-14(10-41-30-18)15-9-29-19-20(28-4-5-31(15)19)42-12-2-3-13(16(32)8-12)21(34)38-6-1-7-39-22(35)17(33)11-40-23(36)37/h2-5,8-10,17,32-33H,1,6-7,11H2,(H,36,37)/t17-/m0/s1. The van der Waals surface area contributed by atoms with Crippen LogP contribution in [-0.2, 0) is 25.2 Å². The maximum atomic E-state index is 13.3. The summed E-state index contributed by atoms with van der Waals surface area (Å²) in [6, 6.07) is 3.57. The van der Waals surface area contributed by atoms with E-state index in [1.807, 2.05) is 0 Å². The Morgan fingerprint density at radius 1 is 1.10 bits per heavy atom. The van der Waals surface area contributed by atoms with Crippen molar-refractivity contribution in [3.05, 3.63) is 54.3 Å². The molecule has 18 heteroatoms. The number of rotatable bonds is 11. The second-order valence-electron chi connectivity index (χ2n) is 8.17. The number of fused-ring (bicyclic) bond motifs is 1. The van der Waals surface area contributed by atoms with Crippen molar-refractivity contribution in [1.29, 1.82) is 0 Å². The van der Waals surface area contributed by atoms with Gasteiger partial charge >= 0.3 is 24.3 Å². The van der Waals surface area contributed by atoms with Crippen LogP contribution < -0.4 is 4.74 Å². The highest BCUT2D eigenvalue weighted by atomic mass is 19.4. The fourth-order valence-electron chi connectivity index (χ4n) is 3.44. The number of halogens is 3. The third-order valence-corrected chi connectivity index (χ3v) is 5.32. The number of phenolic OH excluding ortho intramolecular Hbond substituents is 1. The maximum Gasteiger partial charge on any atom is 0.505 e. The second-order valence-corrected chi connectivity index (χ2v) is 8.17. The summed E-state index contributed by atoms with van der Waals surface area (Å²) in [5, 5.41) is 31.1. The minimum Gasteiger partial charge on any atom is -0.507 e. The van der Waals surface area contributed by atoms with E-state index < -0.39 is 48.4 Å². The molecule has 4 rings (SSSR count). The van der Waals surface area contributed by atoms with Gasteiger partial charge in [-0.2, -0.15) is 13.2 Å². The zero-order valence-electron chi connectivity index (χ0n) is 21.0. The van der Waals surface area contributed by atoms with Crippen molar-refractivity contribution in [2.75, 3.05) is 19.8 Å². The van der Waals surface area contributed by atoms with Gasteiger partial charge in [-0.25, -0.2) is 24.4 Å². The third-order valence-electron chi connectivity index (χ3n) is 5.32. The number of phenols is 1. The predicted molar refractivity (Wildman–Crippen MR) is 128 cm³/mol. The van der Waals surface area contributed by atoms with Gasteiger partial charge in [0.1, 0.15) is 29.9 Å². The monoisotopic (exact) mass is 596 g/mol. The first-order chi connectivity index (χ1) is 20.0. The van der Waals surface area contributed by atoms with Crippen LogP contribution in [0.1, 0.15) is 22.5 Å². The van der Waals surface area contributed by atoms with E-state index in [9.17, 15) is 37.8 Å². The van der Waals surface area contributed by atoms with Gasteiger partial charge in [0.05, 0.1) is 30.7 Å². The number of imidazole rings is 1. The number of nitrogens with zero attached hydrogens (tertiary/aromatic N) is 4. The molecule has 42 heavy (non-hydrogen) atoms. The summed E-state index contributed by atoms with van der Waals surface area (Å²) in [6.45, 7) is -1.30. The van der Waals surface area contributed by atoms with Gasteiger partial charge in [0.2, 0.25) is 5.65 Å². The van der Waals surface area contributed by atoms with E-state index in [0.717, 1.165) is 18.5 Å². The highest BCUT2D eigenvalue weighted by Crippen LogP contribution is 2.37. The number of aliphatic hydroxyl groups excluding tert-OH is 1. The molecule has 3 N–H and O–H groups in total. The molecule has 0 unspecified atom stereocenters. The molecule has 1 aromatic carbocycles. The number of aliphatic hydroxyl groups is 1. The summed E-state index contributed by atoms with van der Waals surface area (Å²) in [5.74, 6) is -2.70. The highest BCUT2D eigenvalue weighted by molar-refractivity contribution is 5.92. The Bertz CT molecular complexity index is 1600. The van der Waals surface area contributed by atoms with Crippen LogP contribution in [0.15, 0.2) is 47.6 Å². The molecule has 0 radical (unpaired) electrons. The Kier molecular flexibility index (Phi) is 8.75. The lowest BCUT2D eigenvalue weighted by Crippen LogP contribution is -2.29. The van der Waals surface area contributed by atoms with Gasteiger partial charge in [-0.05, 0) is 12.1 Å². The van der Waals surface area contributed by atoms with Crippen LogP contribution in [0.25, 0.3) is 16.9 Å². The molecule has 0 aliphatic carbocycles. The highest BCUT2D eigenvalue weighted by Gasteiger charge is 2.38. The molecule has 3 heterocycles. The van der Waals surface area contributed by atoms with Crippen LogP contribution in [0.5, 0.6) is 17.4 Å². The van der Waals surface area contributed by atoms with Gasteiger partial charge in [0.25, 0.3) is 5.88 Å². The molecule has 0 amide bonds. The second kappa shape index (κ2) is 12.4. The fraction of sp³-hybridized carbons (Fsp3) is 0.250. The van der Waals surface area contributed by atoms with E-state index in [1.165, 1.54) is 28.9 Å². The molecule has 0 saturated heterocycles. The number of carboxylic acid groups (broad SMARTS) is 1. The summed E-state index contributed by atoms with van der Waals surface area (Å²) < 4.78 is 65.0. The number of hydrogen-bond acceptors (Lipinski definition) is 13. The number of hydrogen-bond donors (Lipinski definition) is 3. The average molecular weight is 596 g/mol. The van der Waals surface area contributed by atoms with E-state index in [1.54, 1.807) is 0 Å². The molecule has 0 bridgehead atoms. The molecule has 0 spiro atoms. The van der Waals surface area contributed by atoms with Crippen molar-refractivity contribution in [3.63, 3.8) is 0 Å². The molecule has 3 aromatic heterocycles. The van der Waals surface area contributed by atoms with Crippen molar-refractivity contribution in [3.8, 4) is 28.6 Å².